The summed E-state index contributed by atoms with van der Waals surface area (Å²) in [6, 6.07) is 9.27. The van der Waals surface area contributed by atoms with E-state index in [1.165, 1.54) is 23.5 Å². The fraction of sp³-hybridized carbons (Fsp3) is 0.0833. The van der Waals surface area contributed by atoms with E-state index >= 15 is 0 Å². The molecule has 1 heterocycles. The number of hydrogen-bond acceptors (Lipinski definition) is 4. The van der Waals surface area contributed by atoms with Crippen LogP contribution < -0.4 is 5.14 Å². The average molecular weight is 316 g/mol. The number of primary sulfonamides is 1. The van der Waals surface area contributed by atoms with Crippen LogP contribution in [0, 0.1) is 0 Å². The summed E-state index contributed by atoms with van der Waals surface area (Å²) in [5.41, 5.74) is 0.724. The van der Waals surface area contributed by atoms with E-state index in [4.69, 9.17) is 16.7 Å². The number of sulfonamides is 1. The van der Waals surface area contributed by atoms with Crippen LogP contribution in [0.15, 0.2) is 41.3 Å². The van der Waals surface area contributed by atoms with Gasteiger partial charge in [-0.15, -0.1) is 11.3 Å². The fourth-order valence-electron chi connectivity index (χ4n) is 1.53. The Kier molecular flexibility index (Phi) is 4.05. The van der Waals surface area contributed by atoms with Crippen LogP contribution in [-0.4, -0.2) is 14.2 Å². The monoisotopic (exact) mass is 315 g/mol. The Labute approximate surface area is 119 Å². The second-order valence-corrected chi connectivity index (χ2v) is 7.17. The minimum absolute atomic E-state index is 0.0304. The number of hydrogen-bond donors (Lipinski definition) is 1. The van der Waals surface area contributed by atoms with Crippen molar-refractivity contribution in [2.45, 2.75) is 11.3 Å². The smallest absolute Gasteiger partial charge is 0.238 e. The average Bonchev–Trinajstić information content (AvgIpc) is 2.75. The Morgan fingerprint density at radius 1 is 1.16 bits per heavy atom. The molecule has 0 unspecified atom stereocenters. The number of carbonyl (C=O) groups is 1. The van der Waals surface area contributed by atoms with Crippen LogP contribution in [-0.2, 0) is 16.4 Å². The van der Waals surface area contributed by atoms with Gasteiger partial charge in [-0.05, 0) is 29.8 Å². The lowest BCUT2D eigenvalue weighted by molar-refractivity contribution is 0.0997. The van der Waals surface area contributed by atoms with Gasteiger partial charge in [0.1, 0.15) is 0 Å². The van der Waals surface area contributed by atoms with Crippen molar-refractivity contribution in [1.82, 2.24) is 0 Å². The third-order valence-electron chi connectivity index (χ3n) is 2.46. The van der Waals surface area contributed by atoms with Crippen LogP contribution in [0.4, 0.5) is 0 Å². The molecule has 0 aliphatic rings. The predicted molar refractivity (Wildman–Crippen MR) is 75.2 cm³/mol. The van der Waals surface area contributed by atoms with Crippen molar-refractivity contribution in [3.05, 3.63) is 51.2 Å². The molecule has 1 aromatic heterocycles. The summed E-state index contributed by atoms with van der Waals surface area (Å²) in [7, 11) is -3.70. The number of Topliss-reactive ketones (excluding diaryl/α,β-unsaturated/α-hetero) is 1. The van der Waals surface area contributed by atoms with E-state index < -0.39 is 10.0 Å². The third kappa shape index (κ3) is 3.63. The first kappa shape index (κ1) is 14.2. The Morgan fingerprint density at radius 3 is 2.26 bits per heavy atom. The predicted octanol–water partition coefficient (Wildman–Crippen LogP) is 2.47. The van der Waals surface area contributed by atoms with Crippen molar-refractivity contribution in [3.8, 4) is 0 Å². The first-order valence-corrected chi connectivity index (χ1v) is 8.00. The molecule has 0 aliphatic carbocycles. The first-order chi connectivity index (χ1) is 8.86. The second-order valence-electron chi connectivity index (χ2n) is 3.89. The summed E-state index contributed by atoms with van der Waals surface area (Å²) < 4.78 is 22.7. The minimum atomic E-state index is -3.70. The molecule has 0 aliphatic heterocycles. The number of carbonyl (C=O) groups excluding carboxylic acids is 1. The molecule has 2 aromatic rings. The van der Waals surface area contributed by atoms with Crippen LogP contribution in [0.2, 0.25) is 4.34 Å². The number of halogens is 1. The van der Waals surface area contributed by atoms with Crippen LogP contribution in [0.3, 0.4) is 0 Å². The van der Waals surface area contributed by atoms with Gasteiger partial charge in [0.05, 0.1) is 14.1 Å². The zero-order valence-corrected chi connectivity index (χ0v) is 12.1. The molecular weight excluding hydrogens is 306 g/mol. The van der Waals surface area contributed by atoms with Crippen molar-refractivity contribution in [1.29, 1.82) is 0 Å². The van der Waals surface area contributed by atoms with Crippen LogP contribution in [0.1, 0.15) is 15.2 Å². The van der Waals surface area contributed by atoms with Gasteiger partial charge in [0, 0.05) is 6.42 Å². The number of ketones is 1. The molecule has 0 saturated heterocycles. The molecule has 2 rings (SSSR count). The fourth-order valence-corrected chi connectivity index (χ4v) is 3.03. The minimum Gasteiger partial charge on any atom is -0.293 e. The van der Waals surface area contributed by atoms with Crippen molar-refractivity contribution in [2.75, 3.05) is 0 Å². The van der Waals surface area contributed by atoms with Crippen LogP contribution in [0.25, 0.3) is 0 Å². The number of benzene rings is 1. The van der Waals surface area contributed by atoms with Gasteiger partial charge in [0.15, 0.2) is 5.78 Å². The van der Waals surface area contributed by atoms with Crippen molar-refractivity contribution < 1.29 is 13.2 Å². The van der Waals surface area contributed by atoms with E-state index in [9.17, 15) is 13.2 Å². The maximum absolute atomic E-state index is 11.9. The van der Waals surface area contributed by atoms with E-state index in [1.807, 2.05) is 0 Å². The van der Waals surface area contributed by atoms with Crippen LogP contribution >= 0.6 is 22.9 Å². The van der Waals surface area contributed by atoms with Gasteiger partial charge in [0.25, 0.3) is 0 Å². The van der Waals surface area contributed by atoms with Gasteiger partial charge in [-0.3, -0.25) is 4.79 Å². The molecule has 7 heteroatoms. The normalized spacial score (nSPS) is 11.5. The van der Waals surface area contributed by atoms with E-state index in [0.29, 0.717) is 9.21 Å². The molecule has 19 heavy (non-hydrogen) atoms. The molecule has 0 fully saturated rings. The van der Waals surface area contributed by atoms with E-state index in [2.05, 4.69) is 0 Å². The van der Waals surface area contributed by atoms with Gasteiger partial charge in [-0.2, -0.15) is 0 Å². The molecular formula is C12H10ClNO3S2. The molecule has 0 bridgehead atoms. The highest BCUT2D eigenvalue weighted by Gasteiger charge is 2.11. The summed E-state index contributed by atoms with van der Waals surface area (Å²) in [6.45, 7) is 0. The lowest BCUT2D eigenvalue weighted by Gasteiger charge is -2.01. The molecule has 0 radical (unpaired) electrons. The number of thiophene rings is 1. The van der Waals surface area contributed by atoms with Gasteiger partial charge < -0.3 is 0 Å². The third-order valence-corrected chi connectivity index (χ3v) is 4.67. The van der Waals surface area contributed by atoms with Gasteiger partial charge in [-0.25, -0.2) is 13.6 Å². The summed E-state index contributed by atoms with van der Waals surface area (Å²) in [4.78, 5) is 12.5. The SMILES string of the molecule is NS(=O)(=O)c1ccc(CC(=O)c2ccc(Cl)s2)cc1. The zero-order valence-electron chi connectivity index (χ0n) is 9.67. The van der Waals surface area contributed by atoms with E-state index in [0.717, 1.165) is 5.56 Å². The van der Waals surface area contributed by atoms with Crippen molar-refractivity contribution in [3.63, 3.8) is 0 Å². The highest BCUT2D eigenvalue weighted by molar-refractivity contribution is 7.89. The summed E-state index contributed by atoms with van der Waals surface area (Å²) in [6.07, 6.45) is 0.196. The first-order valence-electron chi connectivity index (χ1n) is 5.26. The summed E-state index contributed by atoms with van der Waals surface area (Å²) in [5, 5.41) is 4.99. The molecule has 0 saturated carbocycles. The standard InChI is InChI=1S/C12H10ClNO3S2/c13-12-6-5-11(18-12)10(15)7-8-1-3-9(4-2-8)19(14,16)17/h1-6H,7H2,(H2,14,16,17). The largest absolute Gasteiger partial charge is 0.293 e. The zero-order chi connectivity index (χ0) is 14.0. The lowest BCUT2D eigenvalue weighted by atomic mass is 10.1. The van der Waals surface area contributed by atoms with Gasteiger partial charge in [0.2, 0.25) is 10.0 Å². The summed E-state index contributed by atoms with van der Waals surface area (Å²) >= 11 is 6.99. The molecule has 0 spiro atoms. The second kappa shape index (κ2) is 5.42. The molecule has 4 nitrogen and oxygen atoms in total. The Balaban J connectivity index is 2.14. The van der Waals surface area contributed by atoms with Crippen molar-refractivity contribution >= 4 is 38.7 Å². The maximum atomic E-state index is 11.9. The molecule has 0 atom stereocenters. The Morgan fingerprint density at radius 2 is 1.79 bits per heavy atom. The Hall–Kier alpha value is -1.21. The van der Waals surface area contributed by atoms with Gasteiger partial charge in [-0.1, -0.05) is 23.7 Å². The van der Waals surface area contributed by atoms with Crippen LogP contribution in [0.5, 0.6) is 0 Å². The summed E-state index contributed by atoms with van der Waals surface area (Å²) in [5.74, 6) is -0.0553. The van der Waals surface area contributed by atoms with E-state index in [1.54, 1.807) is 24.3 Å². The number of rotatable bonds is 4. The quantitative estimate of drug-likeness (QED) is 0.880. The maximum Gasteiger partial charge on any atom is 0.238 e. The highest BCUT2D eigenvalue weighted by atomic mass is 35.5. The topological polar surface area (TPSA) is 77.2 Å². The van der Waals surface area contributed by atoms with Gasteiger partial charge >= 0.3 is 0 Å². The Bertz CT molecular complexity index is 705. The van der Waals surface area contributed by atoms with Crippen molar-refractivity contribution in [2.24, 2.45) is 5.14 Å². The molecule has 0 amide bonds. The number of nitrogens with two attached hydrogens (primary N) is 1. The van der Waals surface area contributed by atoms with E-state index in [-0.39, 0.29) is 17.1 Å². The molecule has 2 N–H and O–H groups in total. The molecule has 1 aromatic carbocycles. The molecule has 100 valence electrons. The lowest BCUT2D eigenvalue weighted by Crippen LogP contribution is -2.12. The highest BCUT2D eigenvalue weighted by Crippen LogP contribution is 2.23.